The summed E-state index contributed by atoms with van der Waals surface area (Å²) in [5.41, 5.74) is 6.41. The zero-order valence-corrected chi connectivity index (χ0v) is 8.87. The van der Waals surface area contributed by atoms with Crippen molar-refractivity contribution in [2.24, 2.45) is 11.1 Å². The number of hydrogen-bond donors (Lipinski definition) is 2. The van der Waals surface area contributed by atoms with Gasteiger partial charge in [0.1, 0.15) is 0 Å². The first kappa shape index (κ1) is 11.5. The first-order valence-electron chi connectivity index (χ1n) is 5.32. The van der Waals surface area contributed by atoms with Crippen molar-refractivity contribution >= 4 is 0 Å². The van der Waals surface area contributed by atoms with Crippen LogP contribution in [-0.2, 0) is 0 Å². The molecule has 1 saturated carbocycles. The molecule has 2 unspecified atom stereocenters. The molecule has 0 spiro atoms. The van der Waals surface area contributed by atoms with Crippen LogP contribution in [0.3, 0.4) is 0 Å². The molecule has 1 aliphatic rings. The highest BCUT2D eigenvalue weighted by atomic mass is 19.3. The molecule has 0 amide bonds. The molecule has 2 atom stereocenters. The van der Waals surface area contributed by atoms with Gasteiger partial charge >= 0.3 is 0 Å². The molecule has 0 bridgehead atoms. The molecule has 16 heavy (non-hydrogen) atoms. The van der Waals surface area contributed by atoms with E-state index in [0.717, 1.165) is 12.0 Å². The maximum absolute atomic E-state index is 12.3. The lowest BCUT2D eigenvalue weighted by Crippen LogP contribution is -2.21. The molecule has 3 N–H and O–H groups in total. The lowest BCUT2D eigenvalue weighted by atomic mass is 9.99. The Kier molecular flexibility index (Phi) is 2.95. The van der Waals surface area contributed by atoms with Gasteiger partial charge in [-0.05, 0) is 17.9 Å². The van der Waals surface area contributed by atoms with E-state index in [0.29, 0.717) is 6.54 Å². The predicted molar refractivity (Wildman–Crippen MR) is 57.3 cm³/mol. The van der Waals surface area contributed by atoms with Crippen LogP contribution in [0, 0.1) is 5.41 Å². The first-order chi connectivity index (χ1) is 7.63. The van der Waals surface area contributed by atoms with Crippen molar-refractivity contribution in [1.29, 1.82) is 0 Å². The van der Waals surface area contributed by atoms with Crippen molar-refractivity contribution in [2.75, 3.05) is 13.2 Å². The maximum atomic E-state index is 12.3. The second-order valence-electron chi connectivity index (χ2n) is 4.45. The van der Waals surface area contributed by atoms with Crippen molar-refractivity contribution in [3.05, 3.63) is 35.4 Å². The van der Waals surface area contributed by atoms with Crippen molar-refractivity contribution in [2.45, 2.75) is 18.8 Å². The molecular weight excluding hydrogens is 212 g/mol. The van der Waals surface area contributed by atoms with Crippen LogP contribution in [0.5, 0.6) is 0 Å². The van der Waals surface area contributed by atoms with Gasteiger partial charge in [0.2, 0.25) is 0 Å². The van der Waals surface area contributed by atoms with Gasteiger partial charge in [0.05, 0.1) is 6.61 Å². The van der Waals surface area contributed by atoms with Crippen LogP contribution < -0.4 is 5.73 Å². The molecule has 1 aromatic rings. The SMILES string of the molecule is NCC1(CO)CC1c1ccc(C(F)F)cc1. The molecule has 2 nitrogen and oxygen atoms in total. The molecule has 1 aromatic carbocycles. The molecule has 4 heteroatoms. The summed E-state index contributed by atoms with van der Waals surface area (Å²) in [5.74, 6) is 0.217. The zero-order chi connectivity index (χ0) is 11.8. The van der Waals surface area contributed by atoms with Crippen molar-refractivity contribution in [3.8, 4) is 0 Å². The van der Waals surface area contributed by atoms with E-state index in [9.17, 15) is 13.9 Å². The average Bonchev–Trinajstić information content (AvgIpc) is 3.04. The summed E-state index contributed by atoms with van der Waals surface area (Å²) in [7, 11) is 0. The lowest BCUT2D eigenvalue weighted by Gasteiger charge is -2.11. The minimum absolute atomic E-state index is 0.0340. The summed E-state index contributed by atoms with van der Waals surface area (Å²) >= 11 is 0. The molecule has 0 aliphatic heterocycles. The van der Waals surface area contributed by atoms with Crippen LogP contribution in [0.2, 0.25) is 0 Å². The minimum Gasteiger partial charge on any atom is -0.396 e. The Morgan fingerprint density at radius 3 is 2.38 bits per heavy atom. The third kappa shape index (κ3) is 1.83. The van der Waals surface area contributed by atoms with Gasteiger partial charge in [0.15, 0.2) is 0 Å². The maximum Gasteiger partial charge on any atom is 0.263 e. The molecule has 1 fully saturated rings. The van der Waals surface area contributed by atoms with Crippen molar-refractivity contribution in [3.63, 3.8) is 0 Å². The van der Waals surface area contributed by atoms with Gasteiger partial charge in [0.25, 0.3) is 6.43 Å². The summed E-state index contributed by atoms with van der Waals surface area (Å²) in [5, 5.41) is 9.23. The zero-order valence-electron chi connectivity index (χ0n) is 8.87. The number of halogens is 2. The monoisotopic (exact) mass is 227 g/mol. The molecule has 2 rings (SSSR count). The smallest absolute Gasteiger partial charge is 0.263 e. The van der Waals surface area contributed by atoms with Gasteiger partial charge in [-0.2, -0.15) is 0 Å². The highest BCUT2D eigenvalue weighted by Gasteiger charge is 2.53. The summed E-state index contributed by atoms with van der Waals surface area (Å²) in [6.45, 7) is 0.496. The van der Waals surface area contributed by atoms with Crippen LogP contribution in [0.4, 0.5) is 8.78 Å². The quantitative estimate of drug-likeness (QED) is 0.827. The minimum atomic E-state index is -2.43. The number of nitrogens with two attached hydrogens (primary N) is 1. The van der Waals surface area contributed by atoms with E-state index in [4.69, 9.17) is 5.73 Å². The second-order valence-corrected chi connectivity index (χ2v) is 4.45. The predicted octanol–water partition coefficient (Wildman–Crippen LogP) is 2.05. The number of aliphatic hydroxyl groups excluding tert-OH is 1. The Morgan fingerprint density at radius 2 is 2.00 bits per heavy atom. The van der Waals surface area contributed by atoms with E-state index in [1.807, 2.05) is 0 Å². The molecule has 1 aliphatic carbocycles. The van der Waals surface area contributed by atoms with Gasteiger partial charge in [-0.25, -0.2) is 8.78 Å². The Bertz CT molecular complexity index is 360. The van der Waals surface area contributed by atoms with Gasteiger partial charge in [-0.1, -0.05) is 24.3 Å². The summed E-state index contributed by atoms with van der Waals surface area (Å²) in [6, 6.07) is 6.30. The molecule has 0 aromatic heterocycles. The van der Waals surface area contributed by atoms with E-state index in [1.54, 1.807) is 12.1 Å². The number of hydrogen-bond acceptors (Lipinski definition) is 2. The van der Waals surface area contributed by atoms with E-state index in [1.165, 1.54) is 12.1 Å². The Morgan fingerprint density at radius 1 is 1.38 bits per heavy atom. The van der Waals surface area contributed by atoms with Crippen LogP contribution >= 0.6 is 0 Å². The van der Waals surface area contributed by atoms with Crippen LogP contribution in [0.15, 0.2) is 24.3 Å². The lowest BCUT2D eigenvalue weighted by molar-refractivity contribution is 0.151. The van der Waals surface area contributed by atoms with Crippen molar-refractivity contribution < 1.29 is 13.9 Å². The molecule has 0 saturated heterocycles. The first-order valence-corrected chi connectivity index (χ1v) is 5.32. The standard InChI is InChI=1S/C12H15F2NO/c13-11(14)9-3-1-8(2-4-9)10-5-12(10,6-15)7-16/h1-4,10-11,16H,5-7,15H2. The van der Waals surface area contributed by atoms with E-state index in [2.05, 4.69) is 0 Å². The fourth-order valence-corrected chi connectivity index (χ4v) is 2.16. The summed E-state index contributed by atoms with van der Waals surface area (Å²) in [4.78, 5) is 0. The summed E-state index contributed by atoms with van der Waals surface area (Å²) < 4.78 is 24.7. The van der Waals surface area contributed by atoms with E-state index < -0.39 is 6.43 Å². The molecule has 88 valence electrons. The van der Waals surface area contributed by atoms with E-state index in [-0.39, 0.29) is 23.5 Å². The topological polar surface area (TPSA) is 46.2 Å². The number of benzene rings is 1. The number of aliphatic hydroxyl groups is 1. The molecular formula is C12H15F2NO. The van der Waals surface area contributed by atoms with Crippen LogP contribution in [-0.4, -0.2) is 18.3 Å². The normalized spacial score (nSPS) is 28.4. The highest BCUT2D eigenvalue weighted by Crippen LogP contribution is 2.58. The third-order valence-electron chi connectivity index (χ3n) is 3.50. The molecule has 0 radical (unpaired) electrons. The number of rotatable bonds is 4. The fraction of sp³-hybridized carbons (Fsp3) is 0.500. The third-order valence-corrected chi connectivity index (χ3v) is 3.50. The fourth-order valence-electron chi connectivity index (χ4n) is 2.16. The van der Waals surface area contributed by atoms with Gasteiger partial charge in [-0.3, -0.25) is 0 Å². The second kappa shape index (κ2) is 4.11. The Balaban J connectivity index is 2.13. The van der Waals surface area contributed by atoms with Crippen molar-refractivity contribution in [1.82, 2.24) is 0 Å². The summed E-state index contributed by atoms with van der Waals surface area (Å²) in [6.07, 6.45) is -1.58. The van der Waals surface area contributed by atoms with Gasteiger partial charge in [-0.15, -0.1) is 0 Å². The highest BCUT2D eigenvalue weighted by molar-refractivity contribution is 5.33. The average molecular weight is 227 g/mol. The van der Waals surface area contributed by atoms with Gasteiger partial charge < -0.3 is 10.8 Å². The van der Waals surface area contributed by atoms with Crippen LogP contribution in [0.25, 0.3) is 0 Å². The Hall–Kier alpha value is -1.00. The van der Waals surface area contributed by atoms with E-state index >= 15 is 0 Å². The van der Waals surface area contributed by atoms with Gasteiger partial charge in [0, 0.05) is 17.5 Å². The Labute approximate surface area is 93.1 Å². The largest absolute Gasteiger partial charge is 0.396 e. The molecule has 0 heterocycles. The van der Waals surface area contributed by atoms with Crippen LogP contribution in [0.1, 0.15) is 29.9 Å². The number of alkyl halides is 2.